The number of nitrogens with zero attached hydrogens (tertiary/aromatic N) is 3. The number of carboxylic acid groups (broad SMARTS) is 1. The number of fused-ring (bicyclic) bond motifs is 1. The maximum Gasteiger partial charge on any atom is 0.407 e. The number of likely N-dealkylation sites (tertiary alicyclic amines) is 1. The Labute approximate surface area is 103 Å². The Kier molecular flexibility index (Phi) is 2.36. The molecule has 94 valence electrons. The van der Waals surface area contributed by atoms with Crippen molar-refractivity contribution in [1.29, 1.82) is 0 Å². The average Bonchev–Trinajstić information content (AvgIpc) is 2.63. The molecule has 0 saturated carbocycles. The second-order valence-electron chi connectivity index (χ2n) is 4.64. The predicted molar refractivity (Wildman–Crippen MR) is 63.6 cm³/mol. The van der Waals surface area contributed by atoms with Gasteiger partial charge in [-0.3, -0.25) is 0 Å². The van der Waals surface area contributed by atoms with Gasteiger partial charge in [0.05, 0.1) is 11.9 Å². The summed E-state index contributed by atoms with van der Waals surface area (Å²) in [6.07, 6.45) is 3.40. The van der Waals surface area contributed by atoms with Crippen LogP contribution >= 0.6 is 0 Å². The van der Waals surface area contributed by atoms with Crippen LogP contribution < -0.4 is 0 Å². The number of carbonyl (C=O) groups is 1. The first kappa shape index (κ1) is 10.9. The molecule has 1 saturated heterocycles. The molecular formula is C12H13N3O3. The molecule has 0 bridgehead atoms. The molecule has 0 aromatic carbocycles. The van der Waals surface area contributed by atoms with Crippen molar-refractivity contribution in [2.45, 2.75) is 6.42 Å². The second-order valence-corrected chi connectivity index (χ2v) is 4.64. The van der Waals surface area contributed by atoms with Gasteiger partial charge >= 0.3 is 6.09 Å². The van der Waals surface area contributed by atoms with Crippen LogP contribution in [0, 0.1) is 5.92 Å². The van der Waals surface area contributed by atoms with Gasteiger partial charge in [0, 0.05) is 19.3 Å². The molecule has 2 aromatic heterocycles. The van der Waals surface area contributed by atoms with E-state index in [1.54, 1.807) is 22.7 Å². The first-order valence-corrected chi connectivity index (χ1v) is 5.76. The highest BCUT2D eigenvalue weighted by atomic mass is 16.4. The number of rotatable bonds is 2. The minimum atomic E-state index is -0.855. The van der Waals surface area contributed by atoms with Gasteiger partial charge in [-0.05, 0) is 24.5 Å². The lowest BCUT2D eigenvalue weighted by Crippen LogP contribution is -2.50. The van der Waals surface area contributed by atoms with Crippen LogP contribution in [0.5, 0.6) is 5.75 Å². The molecule has 2 aromatic rings. The van der Waals surface area contributed by atoms with Gasteiger partial charge in [-0.2, -0.15) is 0 Å². The fraction of sp³-hybridized carbons (Fsp3) is 0.333. The molecule has 0 aliphatic carbocycles. The lowest BCUT2D eigenvalue weighted by Gasteiger charge is -2.36. The zero-order chi connectivity index (χ0) is 12.7. The summed E-state index contributed by atoms with van der Waals surface area (Å²) in [6, 6.07) is 3.35. The fourth-order valence-corrected chi connectivity index (χ4v) is 2.28. The molecule has 1 amide bonds. The summed E-state index contributed by atoms with van der Waals surface area (Å²) in [4.78, 5) is 16.5. The molecular weight excluding hydrogens is 234 g/mol. The average molecular weight is 247 g/mol. The molecule has 1 aliphatic heterocycles. The van der Waals surface area contributed by atoms with E-state index in [1.165, 1.54) is 4.90 Å². The van der Waals surface area contributed by atoms with E-state index < -0.39 is 6.09 Å². The second kappa shape index (κ2) is 3.90. The lowest BCUT2D eigenvalue weighted by atomic mass is 9.95. The number of pyridine rings is 1. The monoisotopic (exact) mass is 247 g/mol. The van der Waals surface area contributed by atoms with E-state index in [4.69, 9.17) is 5.11 Å². The van der Waals surface area contributed by atoms with Gasteiger partial charge in [-0.15, -0.1) is 0 Å². The highest BCUT2D eigenvalue weighted by Crippen LogP contribution is 2.21. The summed E-state index contributed by atoms with van der Waals surface area (Å²) < 4.78 is 1.78. The van der Waals surface area contributed by atoms with Crippen molar-refractivity contribution in [2.24, 2.45) is 5.92 Å². The van der Waals surface area contributed by atoms with E-state index in [9.17, 15) is 9.90 Å². The van der Waals surface area contributed by atoms with Gasteiger partial charge in [0.25, 0.3) is 0 Å². The summed E-state index contributed by atoms with van der Waals surface area (Å²) in [7, 11) is 0. The van der Waals surface area contributed by atoms with Crippen molar-refractivity contribution in [3.8, 4) is 5.75 Å². The number of aromatic hydroxyl groups is 1. The zero-order valence-corrected chi connectivity index (χ0v) is 9.65. The third kappa shape index (κ3) is 1.85. The summed E-state index contributed by atoms with van der Waals surface area (Å²) in [5.41, 5.74) is 1.72. The summed E-state index contributed by atoms with van der Waals surface area (Å²) >= 11 is 0. The van der Waals surface area contributed by atoms with E-state index in [2.05, 4.69) is 4.98 Å². The van der Waals surface area contributed by atoms with Crippen molar-refractivity contribution in [2.75, 3.05) is 13.1 Å². The molecule has 6 nitrogen and oxygen atoms in total. The van der Waals surface area contributed by atoms with Crippen molar-refractivity contribution < 1.29 is 15.0 Å². The van der Waals surface area contributed by atoms with E-state index in [1.807, 2.05) is 6.20 Å². The van der Waals surface area contributed by atoms with E-state index >= 15 is 0 Å². The van der Waals surface area contributed by atoms with Crippen LogP contribution in [0.15, 0.2) is 24.5 Å². The molecule has 6 heteroatoms. The van der Waals surface area contributed by atoms with Gasteiger partial charge in [0.1, 0.15) is 11.4 Å². The van der Waals surface area contributed by atoms with Gasteiger partial charge < -0.3 is 19.5 Å². The SMILES string of the molecule is O=C(O)N1CC(Cc2cn3cc(O)ccc3n2)C1. The molecule has 3 rings (SSSR count). The smallest absolute Gasteiger partial charge is 0.407 e. The topological polar surface area (TPSA) is 78.1 Å². The van der Waals surface area contributed by atoms with Crippen molar-refractivity contribution in [3.63, 3.8) is 0 Å². The van der Waals surface area contributed by atoms with E-state index in [0.717, 1.165) is 17.8 Å². The Morgan fingerprint density at radius 2 is 2.17 bits per heavy atom. The van der Waals surface area contributed by atoms with Gasteiger partial charge in [0.2, 0.25) is 0 Å². The fourth-order valence-electron chi connectivity index (χ4n) is 2.28. The maximum atomic E-state index is 10.6. The highest BCUT2D eigenvalue weighted by Gasteiger charge is 2.30. The number of amides is 1. The molecule has 2 N–H and O–H groups in total. The molecule has 1 aliphatic rings. The highest BCUT2D eigenvalue weighted by molar-refractivity contribution is 5.66. The van der Waals surface area contributed by atoms with Crippen LogP contribution in [0.25, 0.3) is 5.65 Å². The Morgan fingerprint density at radius 3 is 2.89 bits per heavy atom. The van der Waals surface area contributed by atoms with Crippen LogP contribution in [-0.4, -0.2) is 43.7 Å². The number of hydrogen-bond donors (Lipinski definition) is 2. The summed E-state index contributed by atoms with van der Waals surface area (Å²) in [5, 5.41) is 18.1. The Balaban J connectivity index is 1.71. The number of imidazole rings is 1. The number of hydrogen-bond acceptors (Lipinski definition) is 3. The Morgan fingerprint density at radius 1 is 1.39 bits per heavy atom. The first-order valence-electron chi connectivity index (χ1n) is 5.76. The molecule has 18 heavy (non-hydrogen) atoms. The number of aromatic nitrogens is 2. The Bertz CT molecular complexity index is 602. The zero-order valence-electron chi connectivity index (χ0n) is 9.65. The van der Waals surface area contributed by atoms with Gasteiger partial charge in [-0.1, -0.05) is 0 Å². The normalized spacial score (nSPS) is 15.9. The first-order chi connectivity index (χ1) is 8.61. The van der Waals surface area contributed by atoms with Crippen molar-refractivity contribution >= 4 is 11.7 Å². The van der Waals surface area contributed by atoms with Gasteiger partial charge in [-0.25, -0.2) is 9.78 Å². The Hall–Kier alpha value is -2.24. The molecule has 0 atom stereocenters. The quantitative estimate of drug-likeness (QED) is 0.835. The van der Waals surface area contributed by atoms with Crippen molar-refractivity contribution in [3.05, 3.63) is 30.2 Å². The van der Waals surface area contributed by atoms with E-state index in [0.29, 0.717) is 19.0 Å². The van der Waals surface area contributed by atoms with Crippen LogP contribution in [0.2, 0.25) is 0 Å². The molecule has 3 heterocycles. The van der Waals surface area contributed by atoms with Crippen LogP contribution in [0.4, 0.5) is 4.79 Å². The van der Waals surface area contributed by atoms with Crippen LogP contribution in [0.1, 0.15) is 5.69 Å². The third-order valence-corrected chi connectivity index (χ3v) is 3.21. The summed E-state index contributed by atoms with van der Waals surface area (Å²) in [6.45, 7) is 1.16. The van der Waals surface area contributed by atoms with Crippen LogP contribution in [0.3, 0.4) is 0 Å². The van der Waals surface area contributed by atoms with Gasteiger partial charge in [0.15, 0.2) is 0 Å². The molecule has 0 unspecified atom stereocenters. The van der Waals surface area contributed by atoms with E-state index in [-0.39, 0.29) is 5.75 Å². The predicted octanol–water partition coefficient (Wildman–Crippen LogP) is 1.19. The van der Waals surface area contributed by atoms with Crippen molar-refractivity contribution in [1.82, 2.24) is 14.3 Å². The molecule has 1 fully saturated rings. The minimum absolute atomic E-state index is 0.201. The standard InChI is InChI=1S/C12H13N3O3/c16-10-1-2-11-13-9(6-14(11)7-10)3-8-4-15(5-8)12(17)18/h1-2,6-8,16H,3-5H2,(H,17,18). The third-order valence-electron chi connectivity index (χ3n) is 3.21. The largest absolute Gasteiger partial charge is 0.506 e. The minimum Gasteiger partial charge on any atom is -0.506 e. The summed E-state index contributed by atoms with van der Waals surface area (Å²) in [5.74, 6) is 0.548. The lowest BCUT2D eigenvalue weighted by molar-refractivity contribution is 0.0816. The molecule has 0 radical (unpaired) electrons. The molecule has 0 spiro atoms. The van der Waals surface area contributed by atoms with Crippen LogP contribution in [-0.2, 0) is 6.42 Å². The maximum absolute atomic E-state index is 10.6.